The second-order valence-corrected chi connectivity index (χ2v) is 10.2. The molecule has 3 aliphatic carbocycles. The summed E-state index contributed by atoms with van der Waals surface area (Å²) in [6.07, 6.45) is 2.96. The predicted octanol–water partition coefficient (Wildman–Crippen LogP) is 0.970. The van der Waals surface area contributed by atoms with E-state index in [-0.39, 0.29) is 12.5 Å². The summed E-state index contributed by atoms with van der Waals surface area (Å²) in [7, 11) is 5.42. The number of esters is 1. The molecule has 10 heteroatoms. The molecule has 1 aromatic rings. The molecular formula is C25H30N2O8. The first-order chi connectivity index (χ1) is 16.8. The molecule has 3 spiro atoms. The van der Waals surface area contributed by atoms with Gasteiger partial charge in [0.1, 0.15) is 11.6 Å². The molecule has 0 unspecified atom stereocenters. The third kappa shape index (κ3) is 2.04. The first-order valence-corrected chi connectivity index (χ1v) is 11.8. The van der Waals surface area contributed by atoms with E-state index in [1.807, 2.05) is 18.2 Å². The number of anilines is 1. The number of carbonyl (C=O) groups excluding carboxylic acids is 2. The normalized spacial score (nSPS) is 40.1. The molecule has 2 N–H and O–H groups in total. The smallest absolute Gasteiger partial charge is 0.414 e. The fraction of sp³-hybridized carbons (Fsp3) is 0.600. The molecular weight excluding hydrogens is 456 g/mol. The van der Waals surface area contributed by atoms with Gasteiger partial charge in [-0.15, -0.1) is 0 Å². The van der Waals surface area contributed by atoms with Crippen molar-refractivity contribution >= 4 is 17.7 Å². The van der Waals surface area contributed by atoms with Crippen molar-refractivity contribution in [3.63, 3.8) is 0 Å². The Morgan fingerprint density at radius 1 is 1.06 bits per heavy atom. The summed E-state index contributed by atoms with van der Waals surface area (Å²) in [5, 5.41) is 24.4. The molecule has 7 rings (SSSR count). The van der Waals surface area contributed by atoms with E-state index in [9.17, 15) is 19.8 Å². The minimum absolute atomic E-state index is 0.250. The molecule has 1 aromatic carbocycles. The lowest BCUT2D eigenvalue weighted by Gasteiger charge is -2.72. The molecule has 6 atom stereocenters. The number of aliphatic hydroxyl groups is 2. The van der Waals surface area contributed by atoms with Gasteiger partial charge in [-0.05, 0) is 37.4 Å². The number of ether oxygens (including phenoxy) is 4. The molecule has 1 saturated heterocycles. The number of hydrogen-bond donors (Lipinski definition) is 2. The highest BCUT2D eigenvalue weighted by atomic mass is 16.6. The average molecular weight is 487 g/mol. The van der Waals surface area contributed by atoms with Crippen molar-refractivity contribution in [1.82, 2.24) is 4.90 Å². The second kappa shape index (κ2) is 6.89. The number of rotatable bonds is 3. The number of fused-ring (bicyclic) bond motifs is 3. The van der Waals surface area contributed by atoms with Gasteiger partial charge in [-0.3, -0.25) is 9.80 Å². The number of methoxy groups -OCH3 is 4. The van der Waals surface area contributed by atoms with Crippen molar-refractivity contribution in [2.75, 3.05) is 46.4 Å². The van der Waals surface area contributed by atoms with Crippen LogP contribution < -0.4 is 14.4 Å². The predicted molar refractivity (Wildman–Crippen MR) is 123 cm³/mol. The third-order valence-corrected chi connectivity index (χ3v) is 9.55. The zero-order valence-electron chi connectivity index (χ0n) is 20.2. The lowest BCUT2D eigenvalue weighted by molar-refractivity contribution is -0.262. The number of hydrogen-bond acceptors (Lipinski definition) is 9. The van der Waals surface area contributed by atoms with Crippen LogP contribution in [-0.2, 0) is 19.7 Å². The fourth-order valence-electron chi connectivity index (χ4n) is 8.63. The van der Waals surface area contributed by atoms with Crippen LogP contribution >= 0.6 is 0 Å². The molecule has 1 amide bonds. The van der Waals surface area contributed by atoms with E-state index in [2.05, 4.69) is 4.90 Å². The quantitative estimate of drug-likeness (QED) is 0.476. The van der Waals surface area contributed by atoms with Crippen molar-refractivity contribution < 1.29 is 38.7 Å². The van der Waals surface area contributed by atoms with Crippen LogP contribution in [0, 0.1) is 5.41 Å². The third-order valence-electron chi connectivity index (χ3n) is 9.55. The SMILES string of the molecule is COC(=O)N1c2c(ccc(OC)c2OC)[C@@]23CCN4CC=C[C@]5(CC[C@]12[C@](O)(C(=O)OC)[C@@H]5O)[C@H]43. The topological polar surface area (TPSA) is 118 Å². The Balaban J connectivity index is 1.80. The maximum Gasteiger partial charge on any atom is 0.414 e. The number of benzene rings is 1. The Morgan fingerprint density at radius 2 is 1.83 bits per heavy atom. The minimum Gasteiger partial charge on any atom is -0.493 e. The van der Waals surface area contributed by atoms with E-state index in [1.54, 1.807) is 6.07 Å². The van der Waals surface area contributed by atoms with Crippen molar-refractivity contribution in [3.8, 4) is 11.5 Å². The minimum atomic E-state index is -2.43. The van der Waals surface area contributed by atoms with Gasteiger partial charge in [0.2, 0.25) is 5.60 Å². The van der Waals surface area contributed by atoms with Crippen LogP contribution in [0.3, 0.4) is 0 Å². The van der Waals surface area contributed by atoms with Crippen molar-refractivity contribution in [2.45, 2.75) is 48.0 Å². The van der Waals surface area contributed by atoms with E-state index >= 15 is 0 Å². The number of carbonyl (C=O) groups is 2. The maximum absolute atomic E-state index is 13.7. The van der Waals surface area contributed by atoms with Crippen LogP contribution in [0.1, 0.15) is 24.8 Å². The first-order valence-electron chi connectivity index (χ1n) is 11.8. The Morgan fingerprint density at radius 3 is 2.49 bits per heavy atom. The number of nitrogens with zero attached hydrogens (tertiary/aromatic N) is 2. The van der Waals surface area contributed by atoms with Gasteiger partial charge in [0.25, 0.3) is 0 Å². The van der Waals surface area contributed by atoms with Gasteiger partial charge in [0.15, 0.2) is 11.5 Å². The molecule has 3 heterocycles. The summed E-state index contributed by atoms with van der Waals surface area (Å²) in [6, 6.07) is 3.41. The summed E-state index contributed by atoms with van der Waals surface area (Å²) >= 11 is 0. The summed E-state index contributed by atoms with van der Waals surface area (Å²) in [4.78, 5) is 30.8. The summed E-state index contributed by atoms with van der Waals surface area (Å²) in [6.45, 7) is 1.35. The molecule has 10 nitrogen and oxygen atoms in total. The van der Waals surface area contributed by atoms with Gasteiger partial charge in [-0.1, -0.05) is 18.2 Å². The average Bonchev–Trinajstić information content (AvgIpc) is 3.41. The second-order valence-electron chi connectivity index (χ2n) is 10.2. The van der Waals surface area contributed by atoms with Gasteiger partial charge in [0.05, 0.1) is 34.1 Å². The van der Waals surface area contributed by atoms with E-state index in [4.69, 9.17) is 18.9 Å². The molecule has 3 aliphatic heterocycles. The molecule has 0 radical (unpaired) electrons. The van der Waals surface area contributed by atoms with Crippen LogP contribution in [0.5, 0.6) is 11.5 Å². The largest absolute Gasteiger partial charge is 0.493 e. The molecule has 188 valence electrons. The summed E-state index contributed by atoms with van der Waals surface area (Å²) in [5.41, 5.74) is -4.66. The zero-order chi connectivity index (χ0) is 25.0. The van der Waals surface area contributed by atoms with E-state index < -0.39 is 40.1 Å². The standard InChI is InChI=1S/C25H30N2O8/c1-32-15-7-6-14-16(17(15)33-2)27(21(30)35-4)24-10-9-22(19(28)25(24,31)20(29)34-3)8-5-12-26-13-11-23(14,24)18(22)26/h5-8,18-19,28,31H,9-13H2,1-4H3/t18-,19+,22-,23+,24-,25+/m0/s1. The summed E-state index contributed by atoms with van der Waals surface area (Å²) < 4.78 is 21.7. The van der Waals surface area contributed by atoms with Crippen LogP contribution in [0.2, 0.25) is 0 Å². The highest BCUT2D eigenvalue weighted by Gasteiger charge is 2.89. The van der Waals surface area contributed by atoms with Gasteiger partial charge >= 0.3 is 12.1 Å². The van der Waals surface area contributed by atoms with Crippen LogP contribution in [0.25, 0.3) is 0 Å². The molecule has 0 aromatic heterocycles. The molecule has 35 heavy (non-hydrogen) atoms. The Kier molecular flexibility index (Phi) is 4.46. The van der Waals surface area contributed by atoms with Crippen LogP contribution in [-0.4, -0.2) is 92.0 Å². The monoisotopic (exact) mass is 486 g/mol. The van der Waals surface area contributed by atoms with Crippen molar-refractivity contribution in [2.24, 2.45) is 5.41 Å². The highest BCUT2D eigenvalue weighted by Crippen LogP contribution is 2.77. The van der Waals surface area contributed by atoms with Crippen molar-refractivity contribution in [3.05, 3.63) is 29.8 Å². The van der Waals surface area contributed by atoms with Crippen molar-refractivity contribution in [1.29, 1.82) is 0 Å². The zero-order valence-corrected chi connectivity index (χ0v) is 20.2. The lowest BCUT2D eigenvalue weighted by Crippen LogP contribution is -2.90. The highest BCUT2D eigenvalue weighted by molar-refractivity contribution is 6.02. The maximum atomic E-state index is 13.7. The Bertz CT molecular complexity index is 1170. The van der Waals surface area contributed by atoms with E-state index in [0.717, 1.165) is 5.56 Å². The van der Waals surface area contributed by atoms with Crippen LogP contribution in [0.4, 0.5) is 10.5 Å². The molecule has 3 saturated carbocycles. The van der Waals surface area contributed by atoms with E-state index in [0.29, 0.717) is 43.1 Å². The Labute approximate surface area is 203 Å². The molecule has 2 bridgehead atoms. The lowest BCUT2D eigenvalue weighted by atomic mass is 9.37. The fourth-order valence-corrected chi connectivity index (χ4v) is 8.63. The van der Waals surface area contributed by atoms with Gasteiger partial charge < -0.3 is 29.2 Å². The molecule has 6 aliphatic rings. The first kappa shape index (κ1) is 22.6. The van der Waals surface area contributed by atoms with Crippen LogP contribution in [0.15, 0.2) is 24.3 Å². The number of amides is 1. The Hall–Kier alpha value is -2.82. The van der Waals surface area contributed by atoms with E-state index in [1.165, 1.54) is 33.3 Å². The molecule has 4 fully saturated rings. The number of aliphatic hydroxyl groups excluding tert-OH is 1. The van der Waals surface area contributed by atoms with Gasteiger partial charge in [0, 0.05) is 23.4 Å². The summed E-state index contributed by atoms with van der Waals surface area (Å²) in [5.74, 6) is -0.277. The van der Waals surface area contributed by atoms with Gasteiger partial charge in [-0.25, -0.2) is 9.59 Å². The van der Waals surface area contributed by atoms with Gasteiger partial charge in [-0.2, -0.15) is 0 Å².